The van der Waals surface area contributed by atoms with E-state index in [4.69, 9.17) is 231 Å². The molecule has 0 unspecified atom stereocenters. The van der Waals surface area contributed by atoms with Crippen molar-refractivity contribution in [2.45, 2.75) is 41.7 Å². The van der Waals surface area contributed by atoms with Crippen LogP contribution in [0, 0.1) is 20.2 Å². The van der Waals surface area contributed by atoms with Crippen molar-refractivity contribution in [3.63, 3.8) is 0 Å². The molecule has 13 aromatic carbocycles. The van der Waals surface area contributed by atoms with E-state index in [2.05, 4.69) is 79.3 Å². The number of nitro groups is 2. The van der Waals surface area contributed by atoms with Crippen molar-refractivity contribution >= 4 is 421 Å². The lowest BCUT2D eigenvalue weighted by Gasteiger charge is -2.26. The number of amides is 2. The third kappa shape index (κ3) is 33.4. The Kier molecular flexibility index (Phi) is 44.2. The van der Waals surface area contributed by atoms with E-state index in [1.807, 2.05) is 0 Å². The Morgan fingerprint density at radius 1 is 0.305 bits per heavy atom. The van der Waals surface area contributed by atoms with Crippen molar-refractivity contribution in [3.05, 3.63) is 365 Å². The van der Waals surface area contributed by atoms with E-state index >= 15 is 0 Å². The van der Waals surface area contributed by atoms with Crippen LogP contribution >= 0.6 is 283 Å². The zero-order valence-corrected chi connectivity index (χ0v) is 94.0. The van der Waals surface area contributed by atoms with E-state index in [0.29, 0.717) is 25.9 Å². The van der Waals surface area contributed by atoms with Crippen LogP contribution in [0.5, 0.6) is 0 Å². The van der Waals surface area contributed by atoms with Gasteiger partial charge < -0.3 is 22.1 Å². The Bertz CT molecular complexity index is 7620. The number of carbonyl (C=O) groups excluding carboxylic acids is 2. The van der Waals surface area contributed by atoms with Gasteiger partial charge in [-0.15, -0.1) is 0 Å². The molecule has 6 N–H and O–H groups in total. The molecule has 2 amide bonds. The summed E-state index contributed by atoms with van der Waals surface area (Å²) in [5.41, 5.74) is 10.6. The number of sulfonamides is 6. The van der Waals surface area contributed by atoms with Gasteiger partial charge in [-0.3, -0.25) is 20.2 Å². The average Bonchev–Trinajstić information content (AvgIpc) is 0.739. The lowest BCUT2D eigenvalue weighted by Crippen LogP contribution is -2.37. The summed E-state index contributed by atoms with van der Waals surface area (Å²) in [4.78, 5) is 42.9. The van der Waals surface area contributed by atoms with Gasteiger partial charge in [0.25, 0.3) is 80.6 Å². The molecule has 0 bridgehead atoms. The summed E-state index contributed by atoms with van der Waals surface area (Å²) in [7, 11) is -28.0. The molecule has 0 saturated carbocycles. The Labute approximate surface area is 933 Å². The number of nitrogens with zero attached hydrogens (tertiary/aromatic N) is 6. The van der Waals surface area contributed by atoms with Crippen LogP contribution in [0.15, 0.2) is 294 Å². The number of halogens is 23. The van der Waals surface area contributed by atoms with E-state index in [-0.39, 0.29) is 146 Å². The molecule has 0 atom stereocenters. The van der Waals surface area contributed by atoms with E-state index in [1.54, 1.807) is 12.1 Å². The smallest absolute Gasteiger partial charge is 0.323 e. The highest BCUT2D eigenvalue weighted by Crippen LogP contribution is 2.45. The summed E-state index contributed by atoms with van der Waals surface area (Å²) in [5.74, 6) is 0. The van der Waals surface area contributed by atoms with Gasteiger partial charge in [-0.2, -0.15) is 16.1 Å². The minimum Gasteiger partial charge on any atom is -0.399 e. The molecule has 13 aromatic rings. The predicted molar refractivity (Wildman–Crippen MR) is 578 cm³/mol. The van der Waals surface area contributed by atoms with Gasteiger partial charge >= 0.3 is 6.03 Å². The summed E-state index contributed by atoms with van der Waals surface area (Å²) in [5, 5.41) is 27.9. The number of anilines is 7. The first-order chi connectivity index (χ1) is 64.8. The first kappa shape index (κ1) is 121. The number of hydrogen-bond donors (Lipinski definition) is 4. The second-order valence-corrected chi connectivity index (χ2v) is 51.8. The van der Waals surface area contributed by atoms with Crippen molar-refractivity contribution in [1.29, 1.82) is 0 Å². The molecule has 0 aliphatic carbocycles. The van der Waals surface area contributed by atoms with Gasteiger partial charge in [0.05, 0.1) is 72.6 Å². The number of hydrogen-bond acceptors (Lipinski definition) is 23. The van der Waals surface area contributed by atoms with Crippen LogP contribution in [-0.4, -0.2) is 80.9 Å². The molecule has 0 aliphatic rings. The molecular weight excluding hydrogens is 2650 g/mol. The van der Waals surface area contributed by atoms with Gasteiger partial charge in [-0.05, 0) is 276 Å². The maximum absolute atomic E-state index is 14.0. The van der Waals surface area contributed by atoms with Gasteiger partial charge in [0.15, 0.2) is 0 Å². The van der Waals surface area contributed by atoms with Gasteiger partial charge in [0, 0.05) is 160 Å². The van der Waals surface area contributed by atoms with E-state index in [1.165, 1.54) is 133 Å². The van der Waals surface area contributed by atoms with Crippen LogP contribution in [0.4, 0.5) is 61.7 Å². The molecule has 746 valence electrons. The van der Waals surface area contributed by atoms with Crippen LogP contribution < -0.4 is 33.2 Å². The maximum atomic E-state index is 14.0. The fraction of sp³-hybridized carbons (Fsp3) is 0.0123. The highest BCUT2D eigenvalue weighted by Gasteiger charge is 2.43. The summed E-state index contributed by atoms with van der Waals surface area (Å²) >= 11 is 119. The number of rotatable bonds is 21. The molecule has 0 heterocycles. The number of nitro benzene ring substituents is 2. The quantitative estimate of drug-likeness (QED) is 0.0130. The minimum absolute atomic E-state index is 0. The van der Waals surface area contributed by atoms with Gasteiger partial charge in [-0.1, -0.05) is 216 Å². The fourth-order valence-corrected chi connectivity index (χ4v) is 31.1. The standard InChI is InChI=1S/C25H14BrCl6N3O5S2.C18H9BrCl4N2O6S2.C18H11BrCl4N2O4S2.C7H3Cl2NO.C6H5BrN2O2.C6H3Cl3O2S.CH4/c26-23-2-1-19(33-25(36)34-20-6-13(27)3-14(28)7-20)12-24(23)35(41(37,38)21-8-15(29)4-16(30)9-21)42(39,40)22-10-17(31)5-18(32)11-22;19-17-2-1-14(24(26)27)9-18(17)25(32(28,29)15-5-10(20)3-11(21)6-15)33(30,31)16-7-12(22)4-13(23)8-16;19-17-2-1-14(24)9-18(17)25(30(26,27)15-5-10(20)3-11(21)6-15)31(28,29)16-7-12(22)4-13(23)8-16;8-5-1-6(9)3-7(2-5)10-4-11;7-5-2-1-4(9(10)11)3-6(5)8;7-4-1-5(8)3-6(2-4)12(9,10)11;/h1-12H,(H2,33,34,36);1-9H;1-9H,24H2;1-3H;1-3H,8H2;1-3H;1H4. The number of nitrogens with two attached hydrogens (primary N) is 2. The molecule has 141 heavy (non-hydrogen) atoms. The summed E-state index contributed by atoms with van der Waals surface area (Å²) in [6.07, 6.45) is 1.40. The number of benzene rings is 13. The normalized spacial score (nSPS) is 11.3. The molecule has 0 spiro atoms. The first-order valence-electron chi connectivity index (χ1n) is 36.0. The predicted octanol–water partition coefficient (Wildman–Crippen LogP) is 30.8. The SMILES string of the molecule is C.Nc1cc([N+](=O)[O-])ccc1Br.Nc1ccc(Br)c(N(S(=O)(=O)c2cc(Cl)cc(Cl)c2)S(=O)(=O)c2cc(Cl)cc(Cl)c2)c1.O=C(Nc1cc(Cl)cc(Cl)c1)Nc1ccc(Br)c(N(S(=O)(=O)c2cc(Cl)cc(Cl)c2)S(=O)(=O)c2cc(Cl)cc(Cl)c2)c1.O=C=Nc1cc(Cl)cc(Cl)c1.O=S(=O)(Cl)c1cc(Cl)cc(Cl)c1.O=[N+]([O-])c1ccc(Br)c(N(S(=O)(=O)c2cc(Cl)cc(Cl)c2)S(=O)(=O)c2cc(Cl)cc(Cl)c2)c1. The molecule has 30 nitrogen and oxygen atoms in total. The van der Waals surface area contributed by atoms with E-state index in [0.717, 1.165) is 97.1 Å². The second-order valence-electron chi connectivity index (χ2n) is 26.6. The Morgan fingerprint density at radius 3 is 0.801 bits per heavy atom. The van der Waals surface area contributed by atoms with Crippen molar-refractivity contribution in [2.75, 3.05) is 33.2 Å². The lowest BCUT2D eigenvalue weighted by atomic mass is 10.3. The van der Waals surface area contributed by atoms with Crippen molar-refractivity contribution in [1.82, 2.24) is 0 Å². The number of carbonyl (C=O) groups is 1. The molecule has 0 aliphatic heterocycles. The molecule has 60 heteroatoms. The van der Waals surface area contributed by atoms with Crippen LogP contribution in [0.3, 0.4) is 0 Å². The zero-order chi connectivity index (χ0) is 105. The number of non-ortho nitro benzene ring substituents is 2. The fourth-order valence-electron chi connectivity index (χ4n) is 10.8. The summed E-state index contributed by atoms with van der Waals surface area (Å²) in [6, 6.07) is 47.4. The van der Waals surface area contributed by atoms with Crippen molar-refractivity contribution < 1.29 is 78.4 Å². The Hall–Kier alpha value is -6.61. The number of nitrogens with one attached hydrogen (secondary N) is 2. The zero-order valence-electron chi connectivity index (χ0n) is 67.6. The van der Waals surface area contributed by atoms with Crippen molar-refractivity contribution in [2.24, 2.45) is 4.99 Å². The lowest BCUT2D eigenvalue weighted by molar-refractivity contribution is -0.385. The largest absolute Gasteiger partial charge is 0.399 e. The van der Waals surface area contributed by atoms with Crippen LogP contribution in [0.25, 0.3) is 0 Å². The minimum atomic E-state index is -4.96. The van der Waals surface area contributed by atoms with Crippen LogP contribution in [0.1, 0.15) is 7.43 Å². The maximum Gasteiger partial charge on any atom is 0.323 e. The number of urea groups is 1. The first-order valence-corrected chi connectivity index (χ1v) is 56.9. The molecule has 0 radical (unpaired) electrons. The van der Waals surface area contributed by atoms with E-state index < -0.39 is 132 Å². The van der Waals surface area contributed by atoms with Gasteiger partial charge in [0.1, 0.15) is 0 Å². The molecule has 0 aromatic heterocycles. The summed E-state index contributed by atoms with van der Waals surface area (Å²) < 4.78 is 188. The molecule has 0 fully saturated rings. The highest BCUT2D eigenvalue weighted by atomic mass is 79.9. The van der Waals surface area contributed by atoms with Crippen LogP contribution in [-0.2, 0) is 74.0 Å². The van der Waals surface area contributed by atoms with Crippen molar-refractivity contribution in [3.8, 4) is 0 Å². The third-order valence-corrected chi connectivity index (χ3v) is 36.8. The molecule has 13 rings (SSSR count). The monoisotopic (exact) mass is 2690 g/mol. The summed E-state index contributed by atoms with van der Waals surface area (Å²) in [6.45, 7) is 0. The van der Waals surface area contributed by atoms with Gasteiger partial charge in [-0.25, -0.2) is 68.5 Å². The van der Waals surface area contributed by atoms with Crippen LogP contribution in [0.2, 0.25) is 90.4 Å². The second kappa shape index (κ2) is 51.3. The molecule has 0 saturated heterocycles. The Balaban J connectivity index is 0.000000246. The topological polar surface area (TPSA) is 458 Å². The van der Waals surface area contributed by atoms with Gasteiger partial charge in [0.2, 0.25) is 6.08 Å². The number of isocyanates is 1. The Morgan fingerprint density at radius 2 is 0.532 bits per heavy atom. The highest BCUT2D eigenvalue weighted by molar-refractivity contribution is 9.11. The number of aliphatic imine (C=N–C) groups is 1. The number of nitrogen functional groups attached to an aromatic ring is 2. The third-order valence-electron chi connectivity index (χ3n) is 16.5. The van der Waals surface area contributed by atoms with E-state index in [9.17, 15) is 88.7 Å². The average molecular weight is 2700 g/mol. The molecular formula is C81H49Br4Cl19N10O20S7.